The van der Waals surface area contributed by atoms with Gasteiger partial charge < -0.3 is 15.0 Å². The van der Waals surface area contributed by atoms with Crippen molar-refractivity contribution in [2.24, 2.45) is 0 Å². The van der Waals surface area contributed by atoms with E-state index in [0.29, 0.717) is 24.3 Å². The molecule has 2 aromatic heterocycles. The number of ketones is 1. The lowest BCUT2D eigenvalue weighted by molar-refractivity contribution is -0.117. The number of benzene rings is 2. The van der Waals surface area contributed by atoms with E-state index in [1.165, 1.54) is 37.4 Å². The maximum absolute atomic E-state index is 17.0. The predicted molar refractivity (Wildman–Crippen MR) is 182 cm³/mol. The molecule has 0 bridgehead atoms. The number of nitrogens with zero attached hydrogens (tertiary/aromatic N) is 5. The van der Waals surface area contributed by atoms with Crippen LogP contribution in [-0.2, 0) is 4.79 Å². The van der Waals surface area contributed by atoms with E-state index in [1.54, 1.807) is 6.07 Å². The molecule has 6 rings (SSSR count). The smallest absolute Gasteiger partial charge is 0.319 e. The van der Waals surface area contributed by atoms with Gasteiger partial charge in [0.15, 0.2) is 11.6 Å². The first-order chi connectivity index (χ1) is 23.4. The molecule has 0 aliphatic carbocycles. The van der Waals surface area contributed by atoms with Gasteiger partial charge in [0.25, 0.3) is 0 Å². The molecule has 1 N–H and O–H groups in total. The number of anilines is 1. The molecule has 0 saturated carbocycles. The number of pyridine rings is 1. The molecule has 2 fully saturated rings. The van der Waals surface area contributed by atoms with Crippen LogP contribution in [0, 0.1) is 24.0 Å². The van der Waals surface area contributed by atoms with Crippen LogP contribution in [0.15, 0.2) is 43.1 Å². The average Bonchev–Trinajstić information content (AvgIpc) is 3.20. The Morgan fingerprint density at radius 3 is 2.71 bits per heavy atom. The van der Waals surface area contributed by atoms with Gasteiger partial charge in [-0.05, 0) is 69.8 Å². The molecule has 9 nitrogen and oxygen atoms in total. The van der Waals surface area contributed by atoms with Gasteiger partial charge in [0.2, 0.25) is 5.91 Å². The lowest BCUT2D eigenvalue weighted by Gasteiger charge is -2.31. The fourth-order valence-corrected chi connectivity index (χ4v) is 6.80. The number of halogens is 3. The molecule has 2 aliphatic rings. The molecule has 0 radical (unpaired) electrons. The molecule has 3 atom stereocenters. The molecule has 0 spiro atoms. The average molecular weight is 671 g/mol. The lowest BCUT2D eigenvalue weighted by atomic mass is 9.93. The minimum absolute atomic E-state index is 0.0442. The van der Waals surface area contributed by atoms with Crippen LogP contribution < -0.4 is 15.0 Å². The van der Waals surface area contributed by atoms with Crippen molar-refractivity contribution in [2.45, 2.75) is 57.3 Å². The van der Waals surface area contributed by atoms with Gasteiger partial charge in [0.1, 0.15) is 35.6 Å². The Morgan fingerprint density at radius 2 is 2.02 bits per heavy atom. The Labute approximate surface area is 282 Å². The number of carbonyl (C=O) groups is 2. The van der Waals surface area contributed by atoms with E-state index >= 15 is 4.39 Å². The molecule has 4 aromatic rings. The van der Waals surface area contributed by atoms with Crippen LogP contribution in [0.2, 0.25) is 0 Å². The minimum Gasteiger partial charge on any atom is -0.461 e. The Bertz CT molecular complexity index is 2030. The second-order valence-corrected chi connectivity index (χ2v) is 13.1. The molecule has 12 heteroatoms. The van der Waals surface area contributed by atoms with E-state index in [4.69, 9.17) is 16.1 Å². The van der Waals surface area contributed by atoms with Gasteiger partial charge in [-0.2, -0.15) is 9.97 Å². The maximum Gasteiger partial charge on any atom is 0.319 e. The lowest BCUT2D eigenvalue weighted by Crippen LogP contribution is -2.43. The van der Waals surface area contributed by atoms with Crippen molar-refractivity contribution in [2.75, 3.05) is 38.2 Å². The monoisotopic (exact) mass is 670 g/mol. The number of amides is 1. The van der Waals surface area contributed by atoms with Gasteiger partial charge >= 0.3 is 6.01 Å². The van der Waals surface area contributed by atoms with Gasteiger partial charge in [-0.15, -0.1) is 6.42 Å². The van der Waals surface area contributed by atoms with E-state index in [0.717, 1.165) is 19.3 Å². The number of likely N-dealkylation sites (N-methyl/N-ethyl adjacent to an activating group) is 1. The quantitative estimate of drug-likeness (QED) is 0.143. The van der Waals surface area contributed by atoms with Crippen LogP contribution in [0.25, 0.3) is 32.9 Å². The molecular formula is C37H37F3N6O3. The van der Waals surface area contributed by atoms with E-state index in [1.807, 2.05) is 23.8 Å². The summed E-state index contributed by atoms with van der Waals surface area (Å²) in [6, 6.07) is 5.37. The highest BCUT2D eigenvalue weighted by atomic mass is 19.1. The van der Waals surface area contributed by atoms with E-state index in [2.05, 4.69) is 27.8 Å². The highest BCUT2D eigenvalue weighted by Crippen LogP contribution is 2.38. The number of likely N-dealkylation sites (tertiary alicyclic amines) is 1. The number of alkyl halides is 1. The van der Waals surface area contributed by atoms with Crippen LogP contribution in [0.4, 0.5) is 19.0 Å². The van der Waals surface area contributed by atoms with Gasteiger partial charge in [-0.1, -0.05) is 18.6 Å². The molecule has 1 unspecified atom stereocenters. The molecular weight excluding hydrogens is 633 g/mol. The van der Waals surface area contributed by atoms with Crippen LogP contribution in [0.5, 0.6) is 6.01 Å². The summed E-state index contributed by atoms with van der Waals surface area (Å²) in [5, 5.41) is 3.92. The number of hydrogen-bond donors (Lipinski definition) is 1. The largest absolute Gasteiger partial charge is 0.461 e. The number of Topliss-reactive ketones (excluding diaryl/α,β-unsaturated/α-hetero) is 1. The molecule has 49 heavy (non-hydrogen) atoms. The van der Waals surface area contributed by atoms with Gasteiger partial charge in [0, 0.05) is 54.8 Å². The minimum atomic E-state index is -1.02. The third kappa shape index (κ3) is 6.55. The first kappa shape index (κ1) is 33.9. The van der Waals surface area contributed by atoms with Crippen molar-refractivity contribution in [3.63, 3.8) is 0 Å². The van der Waals surface area contributed by atoms with Crippen molar-refractivity contribution in [1.82, 2.24) is 25.2 Å². The van der Waals surface area contributed by atoms with E-state index in [-0.39, 0.29) is 82.0 Å². The zero-order valence-corrected chi connectivity index (χ0v) is 27.7. The summed E-state index contributed by atoms with van der Waals surface area (Å²) in [5.41, 5.74) is -0.642. The van der Waals surface area contributed by atoms with Gasteiger partial charge in [-0.25, -0.2) is 13.2 Å². The van der Waals surface area contributed by atoms with Crippen molar-refractivity contribution < 1.29 is 27.5 Å². The van der Waals surface area contributed by atoms with Crippen LogP contribution in [-0.4, -0.2) is 82.6 Å². The molecule has 254 valence electrons. The zero-order chi connectivity index (χ0) is 35.0. The second-order valence-electron chi connectivity index (χ2n) is 13.1. The number of terminal acetylenes is 1. The van der Waals surface area contributed by atoms with Gasteiger partial charge in [-0.3, -0.25) is 19.5 Å². The van der Waals surface area contributed by atoms with Gasteiger partial charge in [0.05, 0.1) is 16.5 Å². The number of nitrogens with one attached hydrogen (secondary N) is 1. The second kappa shape index (κ2) is 13.5. The Balaban J connectivity index is 1.53. The summed E-state index contributed by atoms with van der Waals surface area (Å²) in [4.78, 5) is 42.3. The summed E-state index contributed by atoms with van der Waals surface area (Å²) in [6.07, 6.45) is 9.94. The Morgan fingerprint density at radius 1 is 1.22 bits per heavy atom. The third-order valence-electron chi connectivity index (χ3n) is 9.59. The first-order valence-corrected chi connectivity index (χ1v) is 16.2. The normalized spacial score (nSPS) is 21.4. The first-order valence-electron chi connectivity index (χ1n) is 16.2. The molecule has 4 heterocycles. The molecule has 1 amide bonds. The topological polar surface area (TPSA) is 101 Å². The standard InChI is InChI=1S/C37H37F3N6O3/c1-6-26-29(39)12-11-22-14-23(21(3)47)15-27(31(22)26)33-32(40)34-28(17-41-33)35(46-13-9-8-10-25(19-46)42-30(48)7-2)44-36(43-34)49-20-37(4)16-24(38)18-45(37)5/h1,7,11-12,14-15,17,24-25H,2,8-10,13,16,18-20H2,3-5H3,(H,42,48)/t24-,25?,37+/m1/s1. The van der Waals surface area contributed by atoms with Crippen LogP contribution >= 0.6 is 0 Å². The number of rotatable bonds is 8. The molecule has 2 saturated heterocycles. The number of ether oxygens (including phenoxy) is 1. The number of carbonyl (C=O) groups excluding carboxylic acids is 2. The SMILES string of the molecule is C#Cc1c(F)ccc2cc(C(C)=O)cc(-c3ncc4c(N5CCCCC(NC(=O)C=C)C5)nc(OC[C@]5(C)C[C@@H](F)CN5C)nc4c3F)c12. The highest BCUT2D eigenvalue weighted by molar-refractivity contribution is 6.07. The van der Waals surface area contributed by atoms with E-state index < -0.39 is 23.3 Å². The fraction of sp³-hybridized carbons (Fsp3) is 0.378. The fourth-order valence-electron chi connectivity index (χ4n) is 6.80. The third-order valence-corrected chi connectivity index (χ3v) is 9.59. The molecule has 2 aliphatic heterocycles. The summed E-state index contributed by atoms with van der Waals surface area (Å²) < 4.78 is 52.4. The predicted octanol–water partition coefficient (Wildman–Crippen LogP) is 5.78. The highest BCUT2D eigenvalue weighted by Gasteiger charge is 2.41. The zero-order valence-electron chi connectivity index (χ0n) is 27.7. The summed E-state index contributed by atoms with van der Waals surface area (Å²) in [7, 11) is 1.81. The Kier molecular flexibility index (Phi) is 9.31. The van der Waals surface area contributed by atoms with Crippen LogP contribution in [0.1, 0.15) is 55.5 Å². The van der Waals surface area contributed by atoms with E-state index in [9.17, 15) is 18.4 Å². The van der Waals surface area contributed by atoms with Crippen molar-refractivity contribution in [1.29, 1.82) is 0 Å². The van der Waals surface area contributed by atoms with Crippen molar-refractivity contribution >= 4 is 39.2 Å². The number of aromatic nitrogens is 3. The van der Waals surface area contributed by atoms with Crippen LogP contribution in [0.3, 0.4) is 0 Å². The summed E-state index contributed by atoms with van der Waals surface area (Å²) in [5.74, 6) is 0.614. The summed E-state index contributed by atoms with van der Waals surface area (Å²) >= 11 is 0. The summed E-state index contributed by atoms with van der Waals surface area (Å²) in [6.45, 7) is 8.03. The maximum atomic E-state index is 17.0. The molecule has 2 aromatic carbocycles. The van der Waals surface area contributed by atoms with Crippen molar-refractivity contribution in [3.8, 4) is 29.6 Å². The van der Waals surface area contributed by atoms with Crippen molar-refractivity contribution in [3.05, 3.63) is 65.9 Å². The number of fused-ring (bicyclic) bond motifs is 2. The number of hydrogen-bond acceptors (Lipinski definition) is 8. The Hall–Kier alpha value is -5.02.